The number of nitrogens with one attached hydrogen (secondary N) is 1. The van der Waals surface area contributed by atoms with Crippen LogP contribution in [0.15, 0.2) is 0 Å². The van der Waals surface area contributed by atoms with Gasteiger partial charge in [0.05, 0.1) is 0 Å². The Morgan fingerprint density at radius 3 is 2.22 bits per heavy atom. The summed E-state index contributed by atoms with van der Waals surface area (Å²) in [6.45, 7) is 16.6. The molecule has 0 spiro atoms. The van der Waals surface area contributed by atoms with E-state index in [0.29, 0.717) is 11.5 Å². The number of piperidine rings is 1. The standard InChI is InChI=1S/C16H34N2/c1-6-14-8-11-18(12-9-14)13-10-15(17-7-2)16(3,4)5/h14-15,17H,6-13H2,1-5H3. The molecular weight excluding hydrogens is 220 g/mol. The van der Waals surface area contributed by atoms with Crippen molar-refractivity contribution in [2.24, 2.45) is 11.3 Å². The van der Waals surface area contributed by atoms with Gasteiger partial charge in [0.1, 0.15) is 0 Å². The first-order chi connectivity index (χ1) is 8.47. The second-order valence-corrected chi connectivity index (χ2v) is 6.96. The molecule has 0 amide bonds. The molecule has 2 heteroatoms. The Morgan fingerprint density at radius 2 is 1.78 bits per heavy atom. The predicted molar refractivity (Wildman–Crippen MR) is 81.0 cm³/mol. The van der Waals surface area contributed by atoms with Gasteiger partial charge in [0, 0.05) is 6.04 Å². The maximum Gasteiger partial charge on any atom is 0.0128 e. The average molecular weight is 254 g/mol. The fraction of sp³-hybridized carbons (Fsp3) is 1.00. The van der Waals surface area contributed by atoms with Gasteiger partial charge in [0.25, 0.3) is 0 Å². The number of hydrogen-bond donors (Lipinski definition) is 1. The smallest absolute Gasteiger partial charge is 0.0128 e. The van der Waals surface area contributed by atoms with Gasteiger partial charge < -0.3 is 10.2 Å². The molecule has 0 aliphatic carbocycles. The van der Waals surface area contributed by atoms with Crippen LogP contribution in [0.3, 0.4) is 0 Å². The van der Waals surface area contributed by atoms with E-state index in [1.165, 1.54) is 45.3 Å². The summed E-state index contributed by atoms with van der Waals surface area (Å²) in [6.07, 6.45) is 5.49. The zero-order chi connectivity index (χ0) is 13.6. The van der Waals surface area contributed by atoms with Gasteiger partial charge in [-0.05, 0) is 56.8 Å². The van der Waals surface area contributed by atoms with E-state index in [-0.39, 0.29) is 0 Å². The third kappa shape index (κ3) is 5.27. The van der Waals surface area contributed by atoms with Crippen LogP contribution in [0, 0.1) is 11.3 Å². The van der Waals surface area contributed by atoms with Crippen LogP contribution in [0.4, 0.5) is 0 Å². The lowest BCUT2D eigenvalue weighted by molar-refractivity contribution is 0.157. The molecule has 0 aromatic carbocycles. The highest BCUT2D eigenvalue weighted by molar-refractivity contribution is 4.82. The van der Waals surface area contributed by atoms with E-state index < -0.39 is 0 Å². The molecule has 0 bridgehead atoms. The Hall–Kier alpha value is -0.0800. The van der Waals surface area contributed by atoms with Crippen molar-refractivity contribution in [3.8, 4) is 0 Å². The molecule has 0 saturated carbocycles. The third-order valence-electron chi connectivity index (χ3n) is 4.51. The highest BCUT2D eigenvalue weighted by Gasteiger charge is 2.25. The first-order valence-electron chi connectivity index (χ1n) is 7.93. The summed E-state index contributed by atoms with van der Waals surface area (Å²) in [4.78, 5) is 2.67. The van der Waals surface area contributed by atoms with Gasteiger partial charge in [0.15, 0.2) is 0 Å². The Morgan fingerprint density at radius 1 is 1.17 bits per heavy atom. The molecule has 1 rings (SSSR count). The van der Waals surface area contributed by atoms with Crippen molar-refractivity contribution in [2.45, 2.75) is 66.3 Å². The van der Waals surface area contributed by atoms with Gasteiger partial charge in [-0.15, -0.1) is 0 Å². The van der Waals surface area contributed by atoms with Gasteiger partial charge in [-0.3, -0.25) is 0 Å². The molecule has 1 aliphatic rings. The largest absolute Gasteiger partial charge is 0.314 e. The predicted octanol–water partition coefficient (Wildman–Crippen LogP) is 3.52. The second kappa shape index (κ2) is 7.49. The maximum absolute atomic E-state index is 3.66. The van der Waals surface area contributed by atoms with Crippen LogP contribution in [0.25, 0.3) is 0 Å². The number of rotatable bonds is 6. The monoisotopic (exact) mass is 254 g/mol. The van der Waals surface area contributed by atoms with E-state index in [0.717, 1.165) is 12.5 Å². The lowest BCUT2D eigenvalue weighted by Gasteiger charge is -2.36. The molecule has 18 heavy (non-hydrogen) atoms. The van der Waals surface area contributed by atoms with E-state index in [1.54, 1.807) is 0 Å². The molecule has 1 saturated heterocycles. The Balaban J connectivity index is 2.30. The molecular formula is C16H34N2. The lowest BCUT2D eigenvalue weighted by atomic mass is 9.84. The van der Waals surface area contributed by atoms with Crippen LogP contribution >= 0.6 is 0 Å². The number of nitrogens with zero attached hydrogens (tertiary/aromatic N) is 1. The molecule has 2 nitrogen and oxygen atoms in total. The first kappa shape index (κ1) is 16.0. The molecule has 1 fully saturated rings. The summed E-state index contributed by atoms with van der Waals surface area (Å²) in [6, 6.07) is 0.645. The Labute approximate surface area is 115 Å². The van der Waals surface area contributed by atoms with Crippen LogP contribution in [0.2, 0.25) is 0 Å². The van der Waals surface area contributed by atoms with Crippen LogP contribution in [-0.4, -0.2) is 37.1 Å². The van der Waals surface area contributed by atoms with Crippen LogP contribution in [-0.2, 0) is 0 Å². The highest BCUT2D eigenvalue weighted by Crippen LogP contribution is 2.24. The average Bonchev–Trinajstić information content (AvgIpc) is 2.33. The summed E-state index contributed by atoms with van der Waals surface area (Å²) in [5, 5.41) is 3.66. The maximum atomic E-state index is 3.66. The topological polar surface area (TPSA) is 15.3 Å². The van der Waals surface area contributed by atoms with Crippen molar-refractivity contribution in [2.75, 3.05) is 26.2 Å². The zero-order valence-electron chi connectivity index (χ0n) is 13.3. The first-order valence-corrected chi connectivity index (χ1v) is 7.93. The van der Waals surface area contributed by atoms with E-state index in [2.05, 4.69) is 44.8 Å². The fourth-order valence-electron chi connectivity index (χ4n) is 3.02. The van der Waals surface area contributed by atoms with E-state index in [4.69, 9.17) is 0 Å². The van der Waals surface area contributed by atoms with Gasteiger partial charge in [-0.2, -0.15) is 0 Å². The van der Waals surface area contributed by atoms with Crippen LogP contribution in [0.5, 0.6) is 0 Å². The van der Waals surface area contributed by atoms with Crippen molar-refractivity contribution >= 4 is 0 Å². The highest BCUT2D eigenvalue weighted by atomic mass is 15.1. The molecule has 1 N–H and O–H groups in total. The molecule has 0 radical (unpaired) electrons. The molecule has 108 valence electrons. The quantitative estimate of drug-likeness (QED) is 0.780. The van der Waals surface area contributed by atoms with Crippen molar-refractivity contribution in [3.05, 3.63) is 0 Å². The van der Waals surface area contributed by atoms with Crippen molar-refractivity contribution in [1.29, 1.82) is 0 Å². The third-order valence-corrected chi connectivity index (χ3v) is 4.51. The van der Waals surface area contributed by atoms with Crippen molar-refractivity contribution in [3.63, 3.8) is 0 Å². The summed E-state index contributed by atoms with van der Waals surface area (Å²) in [5.74, 6) is 0.994. The number of hydrogen-bond acceptors (Lipinski definition) is 2. The van der Waals surface area contributed by atoms with Crippen molar-refractivity contribution in [1.82, 2.24) is 10.2 Å². The van der Waals surface area contributed by atoms with Crippen LogP contribution in [0.1, 0.15) is 60.3 Å². The Kier molecular flexibility index (Phi) is 6.65. The molecule has 0 aromatic heterocycles. The van der Waals surface area contributed by atoms with E-state index in [9.17, 15) is 0 Å². The van der Waals surface area contributed by atoms with Gasteiger partial charge >= 0.3 is 0 Å². The molecule has 1 atom stereocenters. The molecule has 1 heterocycles. The molecule has 0 aromatic rings. The minimum Gasteiger partial charge on any atom is -0.314 e. The lowest BCUT2D eigenvalue weighted by Crippen LogP contribution is -2.44. The minimum absolute atomic E-state index is 0.373. The Bertz CT molecular complexity index is 212. The summed E-state index contributed by atoms with van der Waals surface area (Å²) >= 11 is 0. The summed E-state index contributed by atoms with van der Waals surface area (Å²) < 4.78 is 0. The molecule has 1 unspecified atom stereocenters. The normalized spacial score (nSPS) is 21.2. The van der Waals surface area contributed by atoms with E-state index in [1.807, 2.05) is 0 Å². The summed E-state index contributed by atoms with van der Waals surface area (Å²) in [5.41, 5.74) is 0.373. The summed E-state index contributed by atoms with van der Waals surface area (Å²) in [7, 11) is 0. The minimum atomic E-state index is 0.373. The van der Waals surface area contributed by atoms with Crippen molar-refractivity contribution < 1.29 is 0 Å². The number of likely N-dealkylation sites (tertiary alicyclic amines) is 1. The van der Waals surface area contributed by atoms with Gasteiger partial charge in [0.2, 0.25) is 0 Å². The fourth-order valence-corrected chi connectivity index (χ4v) is 3.02. The van der Waals surface area contributed by atoms with Gasteiger partial charge in [-0.25, -0.2) is 0 Å². The molecule has 1 aliphatic heterocycles. The van der Waals surface area contributed by atoms with E-state index >= 15 is 0 Å². The van der Waals surface area contributed by atoms with Gasteiger partial charge in [-0.1, -0.05) is 41.0 Å². The second-order valence-electron chi connectivity index (χ2n) is 6.96. The zero-order valence-corrected chi connectivity index (χ0v) is 13.3. The SMILES string of the molecule is CCNC(CCN1CCC(CC)CC1)C(C)(C)C. The van der Waals surface area contributed by atoms with Crippen LogP contribution < -0.4 is 5.32 Å².